The van der Waals surface area contributed by atoms with Gasteiger partial charge in [0.05, 0.1) is 6.04 Å². The molecular weight excluding hydrogens is 254 g/mol. The maximum atomic E-state index is 12.1. The quantitative estimate of drug-likeness (QED) is 0.885. The molecule has 108 valence electrons. The van der Waals surface area contributed by atoms with Gasteiger partial charge in [-0.3, -0.25) is 14.5 Å². The highest BCUT2D eigenvalue weighted by Gasteiger charge is 2.31. The van der Waals surface area contributed by atoms with Crippen molar-refractivity contribution in [3.8, 4) is 0 Å². The molecule has 0 aliphatic carbocycles. The Morgan fingerprint density at radius 3 is 2.50 bits per heavy atom. The number of carbonyl (C=O) groups is 2. The topological polar surface area (TPSA) is 66.6 Å². The predicted octanol–water partition coefficient (Wildman–Crippen LogP) is 0.838. The van der Waals surface area contributed by atoms with Crippen molar-refractivity contribution in [2.45, 2.75) is 25.4 Å². The molecule has 0 radical (unpaired) electrons. The summed E-state index contributed by atoms with van der Waals surface area (Å²) in [6.07, 6.45) is 1.96. The Balaban J connectivity index is 2.05. The summed E-state index contributed by atoms with van der Waals surface area (Å²) in [5, 5.41) is 0. The van der Waals surface area contributed by atoms with Crippen LogP contribution in [0.4, 0.5) is 0 Å². The monoisotopic (exact) mass is 275 g/mol. The van der Waals surface area contributed by atoms with Crippen LogP contribution in [0.3, 0.4) is 0 Å². The third-order valence-corrected chi connectivity index (χ3v) is 3.71. The van der Waals surface area contributed by atoms with Crippen LogP contribution in [0.1, 0.15) is 28.8 Å². The lowest BCUT2D eigenvalue weighted by atomic mass is 10.1. The number of primary amides is 1. The Morgan fingerprint density at radius 2 is 1.95 bits per heavy atom. The minimum absolute atomic E-state index is 0.0270. The van der Waals surface area contributed by atoms with E-state index in [1.165, 1.54) is 0 Å². The van der Waals surface area contributed by atoms with Gasteiger partial charge < -0.3 is 10.6 Å². The van der Waals surface area contributed by atoms with Crippen LogP contribution in [0.5, 0.6) is 0 Å². The van der Waals surface area contributed by atoms with Crippen LogP contribution in [-0.4, -0.2) is 48.3 Å². The van der Waals surface area contributed by atoms with E-state index in [0.717, 1.165) is 31.5 Å². The summed E-state index contributed by atoms with van der Waals surface area (Å²) < 4.78 is 0. The standard InChI is InChI=1S/C15H21N3O2/c1-17(2)15(20)13-4-3-9-18(13)10-11-5-7-12(8-6-11)14(16)19/h5-8,13H,3-4,9-10H2,1-2H3,(H2,16,19)/t13-/m1/s1. The zero-order valence-corrected chi connectivity index (χ0v) is 12.0. The Kier molecular flexibility index (Phi) is 4.39. The second-order valence-electron chi connectivity index (χ2n) is 5.42. The van der Waals surface area contributed by atoms with E-state index in [-0.39, 0.29) is 11.9 Å². The average Bonchev–Trinajstić information content (AvgIpc) is 2.86. The average molecular weight is 275 g/mol. The molecule has 1 aliphatic rings. The Hall–Kier alpha value is -1.88. The van der Waals surface area contributed by atoms with E-state index in [1.54, 1.807) is 31.1 Å². The lowest BCUT2D eigenvalue weighted by Gasteiger charge is -2.26. The number of carbonyl (C=O) groups excluding carboxylic acids is 2. The van der Waals surface area contributed by atoms with E-state index in [0.29, 0.717) is 5.56 Å². The molecule has 1 fully saturated rings. The van der Waals surface area contributed by atoms with Crippen LogP contribution in [0.25, 0.3) is 0 Å². The van der Waals surface area contributed by atoms with Crippen LogP contribution in [0.15, 0.2) is 24.3 Å². The van der Waals surface area contributed by atoms with Crippen molar-refractivity contribution in [3.63, 3.8) is 0 Å². The number of nitrogens with zero attached hydrogens (tertiary/aromatic N) is 2. The van der Waals surface area contributed by atoms with Crippen LogP contribution in [-0.2, 0) is 11.3 Å². The first-order valence-corrected chi connectivity index (χ1v) is 6.83. The Morgan fingerprint density at radius 1 is 1.30 bits per heavy atom. The first kappa shape index (κ1) is 14.5. The molecule has 0 saturated carbocycles. The molecule has 0 aromatic heterocycles. The van der Waals surface area contributed by atoms with E-state index in [2.05, 4.69) is 4.90 Å². The molecule has 20 heavy (non-hydrogen) atoms. The number of hydrogen-bond donors (Lipinski definition) is 1. The number of benzene rings is 1. The molecule has 1 atom stereocenters. The van der Waals surface area contributed by atoms with Crippen LogP contribution in [0, 0.1) is 0 Å². The summed E-state index contributed by atoms with van der Waals surface area (Å²) in [5.41, 5.74) is 6.82. The van der Waals surface area contributed by atoms with Crippen molar-refractivity contribution in [2.75, 3.05) is 20.6 Å². The highest BCUT2D eigenvalue weighted by atomic mass is 16.2. The summed E-state index contributed by atoms with van der Waals surface area (Å²) in [4.78, 5) is 27.0. The maximum Gasteiger partial charge on any atom is 0.248 e. The molecule has 0 unspecified atom stereocenters. The SMILES string of the molecule is CN(C)C(=O)[C@H]1CCCN1Cc1ccc(C(N)=O)cc1. The normalized spacial score (nSPS) is 19.0. The minimum Gasteiger partial charge on any atom is -0.366 e. The molecule has 5 nitrogen and oxygen atoms in total. The smallest absolute Gasteiger partial charge is 0.248 e. The van der Waals surface area contributed by atoms with E-state index in [9.17, 15) is 9.59 Å². The third kappa shape index (κ3) is 3.17. The van der Waals surface area contributed by atoms with E-state index in [4.69, 9.17) is 5.73 Å². The third-order valence-electron chi connectivity index (χ3n) is 3.71. The fourth-order valence-corrected chi connectivity index (χ4v) is 2.60. The van der Waals surface area contributed by atoms with Gasteiger partial charge in [-0.25, -0.2) is 0 Å². The summed E-state index contributed by atoms with van der Waals surface area (Å²) in [5.74, 6) is -0.255. The maximum absolute atomic E-state index is 12.1. The lowest BCUT2D eigenvalue weighted by molar-refractivity contribution is -0.133. The van der Waals surface area contributed by atoms with Crippen molar-refractivity contribution >= 4 is 11.8 Å². The molecule has 1 aliphatic heterocycles. The molecule has 1 aromatic rings. The molecule has 2 amide bonds. The first-order chi connectivity index (χ1) is 9.49. The number of amides is 2. The lowest BCUT2D eigenvalue weighted by Crippen LogP contribution is -2.42. The van der Waals surface area contributed by atoms with E-state index < -0.39 is 5.91 Å². The number of likely N-dealkylation sites (N-methyl/N-ethyl adjacent to an activating group) is 1. The zero-order chi connectivity index (χ0) is 14.7. The van der Waals surface area contributed by atoms with Crippen LogP contribution < -0.4 is 5.73 Å². The number of likely N-dealkylation sites (tertiary alicyclic amines) is 1. The molecule has 0 spiro atoms. The summed E-state index contributed by atoms with van der Waals surface area (Å²) in [6.45, 7) is 1.66. The zero-order valence-electron chi connectivity index (χ0n) is 12.0. The van der Waals surface area contributed by atoms with Gasteiger partial charge in [-0.1, -0.05) is 12.1 Å². The fraction of sp³-hybridized carbons (Fsp3) is 0.467. The highest BCUT2D eigenvalue weighted by molar-refractivity contribution is 5.92. The summed E-state index contributed by atoms with van der Waals surface area (Å²) in [7, 11) is 3.58. The summed E-state index contributed by atoms with van der Waals surface area (Å²) >= 11 is 0. The van der Waals surface area contributed by atoms with E-state index in [1.807, 2.05) is 12.1 Å². The first-order valence-electron chi connectivity index (χ1n) is 6.83. The summed E-state index contributed by atoms with van der Waals surface area (Å²) in [6, 6.07) is 7.24. The molecule has 1 aromatic carbocycles. The van der Waals surface area contributed by atoms with E-state index >= 15 is 0 Å². The van der Waals surface area contributed by atoms with Gasteiger partial charge in [0, 0.05) is 26.2 Å². The van der Waals surface area contributed by atoms with Crippen molar-refractivity contribution in [1.29, 1.82) is 0 Å². The van der Waals surface area contributed by atoms with Crippen LogP contribution >= 0.6 is 0 Å². The number of rotatable bonds is 4. The van der Waals surface area contributed by atoms with Crippen molar-refractivity contribution in [3.05, 3.63) is 35.4 Å². The molecule has 0 bridgehead atoms. The molecule has 1 saturated heterocycles. The van der Waals surface area contributed by atoms with Gasteiger partial charge in [0.1, 0.15) is 0 Å². The molecule has 2 rings (SSSR count). The highest BCUT2D eigenvalue weighted by Crippen LogP contribution is 2.21. The van der Waals surface area contributed by atoms with Crippen molar-refractivity contribution < 1.29 is 9.59 Å². The van der Waals surface area contributed by atoms with Crippen molar-refractivity contribution in [1.82, 2.24) is 9.80 Å². The van der Waals surface area contributed by atoms with Gasteiger partial charge >= 0.3 is 0 Å². The van der Waals surface area contributed by atoms with Gasteiger partial charge in [-0.15, -0.1) is 0 Å². The van der Waals surface area contributed by atoms with Gasteiger partial charge in [-0.2, -0.15) is 0 Å². The van der Waals surface area contributed by atoms with Crippen molar-refractivity contribution in [2.24, 2.45) is 5.73 Å². The largest absolute Gasteiger partial charge is 0.366 e. The van der Waals surface area contributed by atoms with Gasteiger partial charge in [0.15, 0.2) is 0 Å². The second kappa shape index (κ2) is 6.05. The predicted molar refractivity (Wildman–Crippen MR) is 77.1 cm³/mol. The molecule has 1 heterocycles. The molecule has 5 heteroatoms. The molecule has 2 N–H and O–H groups in total. The fourth-order valence-electron chi connectivity index (χ4n) is 2.60. The van der Waals surface area contributed by atoms with Gasteiger partial charge in [-0.05, 0) is 37.1 Å². The number of nitrogens with two attached hydrogens (primary N) is 1. The number of hydrogen-bond acceptors (Lipinski definition) is 3. The molecular formula is C15H21N3O2. The minimum atomic E-state index is -0.418. The Labute approximate surface area is 119 Å². The Bertz CT molecular complexity index is 496. The van der Waals surface area contributed by atoms with Gasteiger partial charge in [0.2, 0.25) is 11.8 Å². The van der Waals surface area contributed by atoms with Crippen LogP contribution in [0.2, 0.25) is 0 Å². The second-order valence-corrected chi connectivity index (χ2v) is 5.42. The van der Waals surface area contributed by atoms with Gasteiger partial charge in [0.25, 0.3) is 0 Å².